The lowest BCUT2D eigenvalue weighted by molar-refractivity contribution is 0.487. The fourth-order valence-electron chi connectivity index (χ4n) is 1.49. The highest BCUT2D eigenvalue weighted by Gasteiger charge is 2.14. The molecule has 3 heteroatoms. The quantitative estimate of drug-likeness (QED) is 0.798. The number of nitrogens with zero attached hydrogens (tertiary/aromatic N) is 1. The van der Waals surface area contributed by atoms with E-state index in [2.05, 4.69) is 4.98 Å². The van der Waals surface area contributed by atoms with Crippen molar-refractivity contribution in [3.05, 3.63) is 54.2 Å². The molecule has 0 bridgehead atoms. The third kappa shape index (κ3) is 1.67. The molecule has 0 aliphatic heterocycles. The van der Waals surface area contributed by atoms with Crippen LogP contribution in [0.4, 0.5) is 0 Å². The molecule has 2 aromatic heterocycles. The van der Waals surface area contributed by atoms with Crippen molar-refractivity contribution in [1.29, 1.82) is 0 Å². The molecule has 1 unspecified atom stereocenters. The zero-order valence-electron chi connectivity index (χ0n) is 7.76. The average Bonchev–Trinajstić information content (AvgIpc) is 2.74. The highest BCUT2D eigenvalue weighted by Crippen LogP contribution is 2.22. The van der Waals surface area contributed by atoms with Crippen molar-refractivity contribution in [2.75, 3.05) is 6.54 Å². The molecule has 0 amide bonds. The third-order valence-corrected chi connectivity index (χ3v) is 2.21. The van der Waals surface area contributed by atoms with E-state index < -0.39 is 0 Å². The van der Waals surface area contributed by atoms with Gasteiger partial charge in [-0.1, -0.05) is 6.07 Å². The number of rotatable bonds is 3. The molecule has 3 nitrogen and oxygen atoms in total. The van der Waals surface area contributed by atoms with E-state index >= 15 is 0 Å². The zero-order chi connectivity index (χ0) is 9.80. The topological polar surface area (TPSA) is 52.0 Å². The number of hydrogen-bond acceptors (Lipinski definition) is 3. The first-order chi connectivity index (χ1) is 6.92. The van der Waals surface area contributed by atoms with Gasteiger partial charge in [-0.15, -0.1) is 0 Å². The van der Waals surface area contributed by atoms with E-state index in [1.165, 1.54) is 0 Å². The van der Waals surface area contributed by atoms with Gasteiger partial charge >= 0.3 is 0 Å². The summed E-state index contributed by atoms with van der Waals surface area (Å²) in [6.45, 7) is 0.527. The van der Waals surface area contributed by atoms with Gasteiger partial charge in [0.1, 0.15) is 5.76 Å². The Morgan fingerprint density at radius 1 is 1.36 bits per heavy atom. The minimum atomic E-state index is 0.110. The second kappa shape index (κ2) is 4.07. The van der Waals surface area contributed by atoms with E-state index in [0.717, 1.165) is 11.3 Å². The van der Waals surface area contributed by atoms with E-state index in [0.29, 0.717) is 6.54 Å². The van der Waals surface area contributed by atoms with Crippen LogP contribution in [0.2, 0.25) is 0 Å². The van der Waals surface area contributed by atoms with Crippen molar-refractivity contribution in [3.8, 4) is 0 Å². The molecular weight excluding hydrogens is 176 g/mol. The molecule has 0 radical (unpaired) electrons. The largest absolute Gasteiger partial charge is 0.469 e. The van der Waals surface area contributed by atoms with Crippen molar-refractivity contribution in [2.24, 2.45) is 5.73 Å². The minimum Gasteiger partial charge on any atom is -0.469 e. The first-order valence-corrected chi connectivity index (χ1v) is 4.55. The lowest BCUT2D eigenvalue weighted by Crippen LogP contribution is -2.13. The Hall–Kier alpha value is -1.61. The Kier molecular flexibility index (Phi) is 2.60. The number of pyridine rings is 1. The number of nitrogens with two attached hydrogens (primary N) is 1. The van der Waals surface area contributed by atoms with Crippen molar-refractivity contribution in [1.82, 2.24) is 4.98 Å². The summed E-state index contributed by atoms with van der Waals surface area (Å²) < 4.78 is 5.33. The minimum absolute atomic E-state index is 0.110. The first kappa shape index (κ1) is 8.97. The van der Waals surface area contributed by atoms with Crippen molar-refractivity contribution < 1.29 is 4.42 Å². The molecule has 0 fully saturated rings. The highest BCUT2D eigenvalue weighted by molar-refractivity contribution is 5.24. The van der Waals surface area contributed by atoms with Gasteiger partial charge in [0.15, 0.2) is 0 Å². The molecule has 2 rings (SSSR count). The smallest absolute Gasteiger partial charge is 0.112 e. The molecular formula is C11H12N2O. The number of aromatic nitrogens is 1. The Balaban J connectivity index is 2.31. The third-order valence-electron chi connectivity index (χ3n) is 2.21. The molecule has 14 heavy (non-hydrogen) atoms. The van der Waals surface area contributed by atoms with Crippen LogP contribution in [-0.4, -0.2) is 11.5 Å². The Morgan fingerprint density at radius 2 is 2.29 bits per heavy atom. The molecule has 0 aromatic carbocycles. The maximum Gasteiger partial charge on any atom is 0.112 e. The van der Waals surface area contributed by atoms with Crippen LogP contribution in [0, 0.1) is 0 Å². The molecule has 0 saturated heterocycles. The summed E-state index contributed by atoms with van der Waals surface area (Å²) in [5.41, 5.74) is 6.80. The van der Waals surface area contributed by atoms with Gasteiger partial charge in [0.05, 0.1) is 12.2 Å². The summed E-state index contributed by atoms with van der Waals surface area (Å²) >= 11 is 0. The van der Waals surface area contributed by atoms with Crippen LogP contribution in [0.25, 0.3) is 0 Å². The van der Waals surface area contributed by atoms with Crippen LogP contribution in [0.15, 0.2) is 47.3 Å². The van der Waals surface area contributed by atoms with Gasteiger partial charge in [0.25, 0.3) is 0 Å². The average molecular weight is 188 g/mol. The second-order valence-corrected chi connectivity index (χ2v) is 3.09. The molecule has 2 aromatic rings. The fraction of sp³-hybridized carbons (Fsp3) is 0.182. The van der Waals surface area contributed by atoms with Crippen molar-refractivity contribution in [2.45, 2.75) is 5.92 Å². The van der Waals surface area contributed by atoms with Crippen LogP contribution in [-0.2, 0) is 0 Å². The summed E-state index contributed by atoms with van der Waals surface area (Å²) in [6.07, 6.45) is 5.23. The maximum absolute atomic E-state index is 5.71. The van der Waals surface area contributed by atoms with Gasteiger partial charge in [-0.3, -0.25) is 4.98 Å². The Bertz CT molecular complexity index is 369. The maximum atomic E-state index is 5.71. The highest BCUT2D eigenvalue weighted by atomic mass is 16.3. The molecule has 0 aliphatic carbocycles. The van der Waals surface area contributed by atoms with Gasteiger partial charge in [-0.2, -0.15) is 0 Å². The van der Waals surface area contributed by atoms with E-state index in [4.69, 9.17) is 10.2 Å². The molecule has 0 aliphatic rings. The Morgan fingerprint density at radius 3 is 2.86 bits per heavy atom. The van der Waals surface area contributed by atoms with Crippen LogP contribution in [0.5, 0.6) is 0 Å². The summed E-state index contributed by atoms with van der Waals surface area (Å²) in [5.74, 6) is 0.999. The van der Waals surface area contributed by atoms with E-state index in [1.54, 1.807) is 12.5 Å². The summed E-state index contributed by atoms with van der Waals surface area (Å²) in [7, 11) is 0. The predicted molar refractivity (Wildman–Crippen MR) is 53.8 cm³/mol. The molecule has 2 heterocycles. The predicted octanol–water partition coefficient (Wildman–Crippen LogP) is 1.77. The normalized spacial score (nSPS) is 12.6. The SMILES string of the molecule is NCC(c1cccnc1)c1ccco1. The van der Waals surface area contributed by atoms with Crippen molar-refractivity contribution >= 4 is 0 Å². The summed E-state index contributed by atoms with van der Waals surface area (Å²) in [4.78, 5) is 4.07. The van der Waals surface area contributed by atoms with Crippen LogP contribution >= 0.6 is 0 Å². The zero-order valence-corrected chi connectivity index (χ0v) is 7.76. The first-order valence-electron chi connectivity index (χ1n) is 4.55. The number of furan rings is 1. The fourth-order valence-corrected chi connectivity index (χ4v) is 1.49. The van der Waals surface area contributed by atoms with Gasteiger partial charge in [0.2, 0.25) is 0 Å². The lowest BCUT2D eigenvalue weighted by Gasteiger charge is -2.11. The van der Waals surface area contributed by atoms with Gasteiger partial charge in [-0.25, -0.2) is 0 Å². The molecule has 0 saturated carbocycles. The summed E-state index contributed by atoms with van der Waals surface area (Å²) in [5, 5.41) is 0. The number of hydrogen-bond donors (Lipinski definition) is 1. The standard InChI is InChI=1S/C11H12N2O/c12-7-10(11-4-2-6-14-11)9-3-1-5-13-8-9/h1-6,8,10H,7,12H2. The van der Waals surface area contributed by atoms with Gasteiger partial charge < -0.3 is 10.2 Å². The van der Waals surface area contributed by atoms with Crippen molar-refractivity contribution in [3.63, 3.8) is 0 Å². The van der Waals surface area contributed by atoms with E-state index in [1.807, 2.05) is 30.5 Å². The monoisotopic (exact) mass is 188 g/mol. The van der Waals surface area contributed by atoms with Gasteiger partial charge in [-0.05, 0) is 23.8 Å². The van der Waals surface area contributed by atoms with E-state index in [9.17, 15) is 0 Å². The van der Waals surface area contributed by atoms with Crippen LogP contribution in [0.1, 0.15) is 17.2 Å². The van der Waals surface area contributed by atoms with Crippen LogP contribution < -0.4 is 5.73 Å². The summed E-state index contributed by atoms with van der Waals surface area (Å²) in [6, 6.07) is 7.72. The van der Waals surface area contributed by atoms with E-state index in [-0.39, 0.29) is 5.92 Å². The second-order valence-electron chi connectivity index (χ2n) is 3.09. The molecule has 1 atom stereocenters. The van der Waals surface area contributed by atoms with Crippen LogP contribution in [0.3, 0.4) is 0 Å². The molecule has 0 spiro atoms. The van der Waals surface area contributed by atoms with Gasteiger partial charge in [0, 0.05) is 18.9 Å². The Labute approximate surface area is 82.6 Å². The molecule has 2 N–H and O–H groups in total. The molecule has 72 valence electrons. The lowest BCUT2D eigenvalue weighted by atomic mass is 9.99.